The quantitative estimate of drug-likeness (QED) is 0.504. The predicted octanol–water partition coefficient (Wildman–Crippen LogP) is 0.636. The maximum absolute atomic E-state index is 12.2. The number of carbonyl (C=O) groups excluding carboxylic acids is 1. The van der Waals surface area contributed by atoms with Crippen LogP contribution in [0.3, 0.4) is 0 Å². The molecule has 1 aromatic rings. The summed E-state index contributed by atoms with van der Waals surface area (Å²) in [5, 5.41) is 3.22. The van der Waals surface area contributed by atoms with E-state index in [0.29, 0.717) is 25.4 Å². The Hall–Kier alpha value is -2.42. The summed E-state index contributed by atoms with van der Waals surface area (Å²) in [6.45, 7) is 5.89. The van der Waals surface area contributed by atoms with E-state index in [2.05, 4.69) is 21.1 Å². The Bertz CT molecular complexity index is 522. The highest BCUT2D eigenvalue weighted by atomic mass is 16.3. The molecule has 0 bridgehead atoms. The molecule has 1 amide bonds. The van der Waals surface area contributed by atoms with Crippen molar-refractivity contribution in [3.05, 3.63) is 24.2 Å². The molecule has 0 spiro atoms. The van der Waals surface area contributed by atoms with Crippen molar-refractivity contribution in [3.63, 3.8) is 0 Å². The Morgan fingerprint density at radius 3 is 2.71 bits per heavy atom. The Labute approximate surface area is 124 Å². The molecule has 6 nitrogen and oxygen atoms in total. The summed E-state index contributed by atoms with van der Waals surface area (Å²) in [6, 6.07) is 3.41. The molecule has 1 aromatic heterocycles. The fourth-order valence-electron chi connectivity index (χ4n) is 2.22. The van der Waals surface area contributed by atoms with Gasteiger partial charge in [-0.1, -0.05) is 5.92 Å². The van der Waals surface area contributed by atoms with E-state index in [4.69, 9.17) is 10.8 Å². The molecule has 1 fully saturated rings. The molecule has 1 aliphatic heterocycles. The van der Waals surface area contributed by atoms with Gasteiger partial charge in [-0.05, 0) is 19.1 Å². The van der Waals surface area contributed by atoms with Crippen molar-refractivity contribution in [1.29, 1.82) is 0 Å². The van der Waals surface area contributed by atoms with Crippen LogP contribution >= 0.6 is 0 Å². The number of piperazine rings is 1. The second-order valence-electron chi connectivity index (χ2n) is 4.63. The van der Waals surface area contributed by atoms with Crippen LogP contribution in [-0.2, 0) is 0 Å². The van der Waals surface area contributed by atoms with Gasteiger partial charge in [0.2, 0.25) is 0 Å². The van der Waals surface area contributed by atoms with E-state index < -0.39 is 0 Å². The van der Waals surface area contributed by atoms with E-state index in [0.717, 1.165) is 25.6 Å². The number of carbonyl (C=O) groups is 1. The molecule has 0 unspecified atom stereocenters. The van der Waals surface area contributed by atoms with Crippen LogP contribution < -0.4 is 5.32 Å². The summed E-state index contributed by atoms with van der Waals surface area (Å²) in [5.74, 6) is 3.64. The lowest BCUT2D eigenvalue weighted by Crippen LogP contribution is -2.53. The minimum absolute atomic E-state index is 0.0646. The van der Waals surface area contributed by atoms with Gasteiger partial charge in [-0.3, -0.25) is 4.79 Å². The third-order valence-electron chi connectivity index (χ3n) is 3.25. The Balaban J connectivity index is 1.93. The van der Waals surface area contributed by atoms with Crippen molar-refractivity contribution in [3.8, 4) is 12.3 Å². The first-order chi connectivity index (χ1) is 10.3. The largest absolute Gasteiger partial charge is 0.459 e. The van der Waals surface area contributed by atoms with Gasteiger partial charge < -0.3 is 19.5 Å². The van der Waals surface area contributed by atoms with Crippen molar-refractivity contribution in [2.75, 3.05) is 39.3 Å². The number of hydrogen-bond donors (Lipinski definition) is 1. The molecular weight excluding hydrogens is 268 g/mol. The molecule has 21 heavy (non-hydrogen) atoms. The highest BCUT2D eigenvalue weighted by Crippen LogP contribution is 2.09. The van der Waals surface area contributed by atoms with E-state index in [1.165, 1.54) is 6.26 Å². The number of rotatable bonds is 3. The summed E-state index contributed by atoms with van der Waals surface area (Å²) in [4.78, 5) is 20.4. The molecule has 1 aliphatic rings. The summed E-state index contributed by atoms with van der Waals surface area (Å²) in [6.07, 6.45) is 6.76. The third kappa shape index (κ3) is 3.78. The zero-order chi connectivity index (χ0) is 15.1. The Morgan fingerprint density at radius 1 is 1.43 bits per heavy atom. The summed E-state index contributed by atoms with van der Waals surface area (Å²) in [7, 11) is 0. The molecule has 0 saturated carbocycles. The standard InChI is InChI=1S/C15H20N4O2/c1-3-7-17-15(16-4-2)19-10-8-18(9-11-19)14(20)13-6-5-12-21-13/h1,5-6,12H,4,7-11H2,2H3,(H,16,17). The first-order valence-corrected chi connectivity index (χ1v) is 7.05. The van der Waals surface area contributed by atoms with Crippen LogP contribution in [0.5, 0.6) is 0 Å². The molecule has 1 saturated heterocycles. The lowest BCUT2D eigenvalue weighted by molar-refractivity contribution is 0.0658. The molecule has 1 N–H and O–H groups in total. The van der Waals surface area contributed by atoms with Gasteiger partial charge in [-0.2, -0.15) is 0 Å². The van der Waals surface area contributed by atoms with Gasteiger partial charge in [0.05, 0.1) is 6.26 Å². The van der Waals surface area contributed by atoms with E-state index in [1.807, 2.05) is 6.92 Å². The van der Waals surface area contributed by atoms with Crippen LogP contribution in [0.25, 0.3) is 0 Å². The topological polar surface area (TPSA) is 61.1 Å². The smallest absolute Gasteiger partial charge is 0.289 e. The number of nitrogens with one attached hydrogen (secondary N) is 1. The van der Waals surface area contributed by atoms with Crippen LogP contribution in [0.2, 0.25) is 0 Å². The minimum Gasteiger partial charge on any atom is -0.459 e. The zero-order valence-corrected chi connectivity index (χ0v) is 12.2. The number of furan rings is 1. The number of guanidine groups is 1. The number of amides is 1. The average Bonchev–Trinajstić information content (AvgIpc) is 3.05. The van der Waals surface area contributed by atoms with Crippen LogP contribution in [0.15, 0.2) is 27.8 Å². The summed E-state index contributed by atoms with van der Waals surface area (Å²) >= 11 is 0. The maximum Gasteiger partial charge on any atom is 0.289 e. The Morgan fingerprint density at radius 2 is 2.14 bits per heavy atom. The molecular formula is C15H20N4O2. The first kappa shape index (κ1) is 15.0. The molecule has 2 heterocycles. The van der Waals surface area contributed by atoms with Gasteiger partial charge in [0.1, 0.15) is 6.54 Å². The first-order valence-electron chi connectivity index (χ1n) is 7.05. The SMILES string of the molecule is C#CCN=C(NCC)N1CCN(C(=O)c2ccco2)CC1. The number of hydrogen-bond acceptors (Lipinski definition) is 3. The van der Waals surface area contributed by atoms with Crippen molar-refractivity contribution in [2.45, 2.75) is 6.92 Å². The van der Waals surface area contributed by atoms with Crippen LogP contribution in [0.4, 0.5) is 0 Å². The van der Waals surface area contributed by atoms with Crippen molar-refractivity contribution >= 4 is 11.9 Å². The van der Waals surface area contributed by atoms with Gasteiger partial charge in [-0.15, -0.1) is 6.42 Å². The highest BCUT2D eigenvalue weighted by molar-refractivity contribution is 5.91. The monoisotopic (exact) mass is 288 g/mol. The fourth-order valence-corrected chi connectivity index (χ4v) is 2.22. The maximum atomic E-state index is 12.2. The minimum atomic E-state index is -0.0646. The highest BCUT2D eigenvalue weighted by Gasteiger charge is 2.24. The van der Waals surface area contributed by atoms with Gasteiger partial charge in [0, 0.05) is 32.7 Å². The average molecular weight is 288 g/mol. The van der Waals surface area contributed by atoms with Crippen LogP contribution in [0.1, 0.15) is 17.5 Å². The van der Waals surface area contributed by atoms with Crippen LogP contribution in [-0.4, -0.2) is 60.9 Å². The molecule has 2 rings (SSSR count). The van der Waals surface area contributed by atoms with Crippen LogP contribution in [0, 0.1) is 12.3 Å². The number of nitrogens with zero attached hydrogens (tertiary/aromatic N) is 3. The van der Waals surface area contributed by atoms with Crippen molar-refractivity contribution in [2.24, 2.45) is 4.99 Å². The van der Waals surface area contributed by atoms with Gasteiger partial charge >= 0.3 is 0 Å². The fraction of sp³-hybridized carbons (Fsp3) is 0.467. The summed E-state index contributed by atoms with van der Waals surface area (Å²) < 4.78 is 5.15. The van der Waals surface area contributed by atoms with Crippen molar-refractivity contribution < 1.29 is 9.21 Å². The normalized spacial score (nSPS) is 15.7. The van der Waals surface area contributed by atoms with Gasteiger partial charge in [-0.25, -0.2) is 4.99 Å². The number of terminal acetylenes is 1. The van der Waals surface area contributed by atoms with E-state index in [9.17, 15) is 4.79 Å². The lowest BCUT2D eigenvalue weighted by Gasteiger charge is -2.36. The van der Waals surface area contributed by atoms with Crippen molar-refractivity contribution in [1.82, 2.24) is 15.1 Å². The zero-order valence-electron chi connectivity index (χ0n) is 12.2. The number of aliphatic imine (C=N–C) groups is 1. The van der Waals surface area contributed by atoms with E-state index in [1.54, 1.807) is 17.0 Å². The summed E-state index contributed by atoms with van der Waals surface area (Å²) in [5.41, 5.74) is 0. The molecule has 0 aromatic carbocycles. The Kier molecular flexibility index (Phi) is 5.27. The van der Waals surface area contributed by atoms with Gasteiger partial charge in [0.15, 0.2) is 11.7 Å². The molecule has 112 valence electrons. The van der Waals surface area contributed by atoms with E-state index >= 15 is 0 Å². The molecule has 6 heteroatoms. The molecule has 0 radical (unpaired) electrons. The molecule has 0 aliphatic carbocycles. The lowest BCUT2D eigenvalue weighted by atomic mass is 10.3. The van der Waals surface area contributed by atoms with E-state index in [-0.39, 0.29) is 5.91 Å². The predicted molar refractivity (Wildman–Crippen MR) is 81.0 cm³/mol. The second kappa shape index (κ2) is 7.39. The molecule has 0 atom stereocenters. The third-order valence-corrected chi connectivity index (χ3v) is 3.25. The second-order valence-corrected chi connectivity index (χ2v) is 4.63. The van der Waals surface area contributed by atoms with Gasteiger partial charge in [0.25, 0.3) is 5.91 Å².